The van der Waals surface area contributed by atoms with E-state index in [0.29, 0.717) is 29.6 Å². The third-order valence-corrected chi connectivity index (χ3v) is 6.87. The Bertz CT molecular complexity index is 743. The van der Waals surface area contributed by atoms with Crippen molar-refractivity contribution in [3.8, 4) is 0 Å². The van der Waals surface area contributed by atoms with E-state index in [1.165, 1.54) is 6.42 Å². The molecule has 1 heterocycles. The zero-order chi connectivity index (χ0) is 17.1. The van der Waals surface area contributed by atoms with E-state index in [9.17, 15) is 9.59 Å². The SMILES string of the molecule is Cc1n[nH]c(=O)c(C(=O)NCC23CC4CC(CC(Cl)(C4)C2)C3)c1C. The van der Waals surface area contributed by atoms with E-state index in [1.807, 2.05) is 0 Å². The van der Waals surface area contributed by atoms with Gasteiger partial charge in [0, 0.05) is 11.4 Å². The number of hydrogen-bond donors (Lipinski definition) is 2. The molecular weight excluding hydrogens is 326 g/mol. The Morgan fingerprint density at radius 3 is 2.58 bits per heavy atom. The predicted octanol–water partition coefficient (Wildman–Crippen LogP) is 2.69. The average Bonchev–Trinajstić information content (AvgIpc) is 2.47. The minimum atomic E-state index is -0.421. The van der Waals surface area contributed by atoms with Crippen LogP contribution in [-0.4, -0.2) is 27.5 Å². The molecule has 2 unspecified atom stereocenters. The smallest absolute Gasteiger partial charge is 0.277 e. The highest BCUT2D eigenvalue weighted by atomic mass is 35.5. The summed E-state index contributed by atoms with van der Waals surface area (Å²) in [5.74, 6) is 1.11. The van der Waals surface area contributed by atoms with Crippen molar-refractivity contribution in [3.05, 3.63) is 27.2 Å². The maximum Gasteiger partial charge on any atom is 0.277 e. The molecule has 5 nitrogen and oxygen atoms in total. The van der Waals surface area contributed by atoms with Gasteiger partial charge < -0.3 is 5.32 Å². The standard InChI is InChI=1S/C18H24ClN3O2/c1-10-11(2)21-22-16(24)14(10)15(23)20-9-17-4-12-3-13(5-17)7-18(19,6-12)8-17/h12-13H,3-9H2,1-2H3,(H,20,23)(H,22,24). The van der Waals surface area contributed by atoms with E-state index in [-0.39, 0.29) is 21.8 Å². The van der Waals surface area contributed by atoms with Crippen LogP contribution in [0.3, 0.4) is 0 Å². The minimum absolute atomic E-state index is 0.0601. The van der Waals surface area contributed by atoms with Crippen LogP contribution in [0.5, 0.6) is 0 Å². The van der Waals surface area contributed by atoms with Gasteiger partial charge in [0.1, 0.15) is 5.56 Å². The van der Waals surface area contributed by atoms with Crippen LogP contribution in [0.15, 0.2) is 4.79 Å². The highest BCUT2D eigenvalue weighted by Crippen LogP contribution is 2.63. The number of H-pyrrole nitrogens is 1. The van der Waals surface area contributed by atoms with Gasteiger partial charge in [0.15, 0.2) is 0 Å². The number of carbonyl (C=O) groups excluding carboxylic acids is 1. The summed E-state index contributed by atoms with van der Waals surface area (Å²) in [5.41, 5.74) is 1.21. The number of alkyl halides is 1. The fraction of sp³-hybridized carbons (Fsp3) is 0.722. The number of hydrogen-bond acceptors (Lipinski definition) is 3. The summed E-state index contributed by atoms with van der Waals surface area (Å²) in [6.07, 6.45) is 6.85. The van der Waals surface area contributed by atoms with Crippen LogP contribution in [0.4, 0.5) is 0 Å². The number of carbonyl (C=O) groups is 1. The number of amides is 1. The minimum Gasteiger partial charge on any atom is -0.351 e. The number of aromatic nitrogens is 2. The summed E-state index contributed by atoms with van der Waals surface area (Å²) in [4.78, 5) is 24.6. The first-order chi connectivity index (χ1) is 11.3. The Hall–Kier alpha value is -1.36. The lowest BCUT2D eigenvalue weighted by atomic mass is 9.49. The molecule has 0 aliphatic heterocycles. The fourth-order valence-electron chi connectivity index (χ4n) is 5.80. The largest absolute Gasteiger partial charge is 0.351 e. The van der Waals surface area contributed by atoms with E-state index in [0.717, 1.165) is 32.1 Å². The molecule has 4 bridgehead atoms. The van der Waals surface area contributed by atoms with E-state index >= 15 is 0 Å². The lowest BCUT2D eigenvalue weighted by Crippen LogP contribution is -2.56. The van der Waals surface area contributed by atoms with Gasteiger partial charge in [-0.1, -0.05) is 0 Å². The molecule has 0 saturated heterocycles. The molecule has 4 saturated carbocycles. The maximum absolute atomic E-state index is 12.6. The van der Waals surface area contributed by atoms with Crippen LogP contribution in [0, 0.1) is 31.1 Å². The van der Waals surface area contributed by atoms with Crippen molar-refractivity contribution in [2.24, 2.45) is 17.3 Å². The van der Waals surface area contributed by atoms with Gasteiger partial charge in [0.25, 0.3) is 11.5 Å². The Morgan fingerprint density at radius 1 is 1.29 bits per heavy atom. The Labute approximate surface area is 146 Å². The zero-order valence-corrected chi connectivity index (χ0v) is 15.0. The molecule has 5 rings (SSSR count). The van der Waals surface area contributed by atoms with Crippen molar-refractivity contribution < 1.29 is 4.79 Å². The number of halogens is 1. The molecule has 0 spiro atoms. The van der Waals surface area contributed by atoms with Gasteiger partial charge in [-0.25, -0.2) is 5.10 Å². The Kier molecular flexibility index (Phi) is 3.57. The molecule has 130 valence electrons. The van der Waals surface area contributed by atoms with E-state index in [4.69, 9.17) is 11.6 Å². The molecule has 1 aromatic heterocycles. The van der Waals surface area contributed by atoms with Gasteiger partial charge in [-0.3, -0.25) is 9.59 Å². The molecule has 1 aromatic rings. The van der Waals surface area contributed by atoms with Crippen LogP contribution in [-0.2, 0) is 0 Å². The molecule has 0 aromatic carbocycles. The van der Waals surface area contributed by atoms with Gasteiger partial charge in [-0.15, -0.1) is 11.6 Å². The van der Waals surface area contributed by atoms with E-state index < -0.39 is 5.56 Å². The Balaban J connectivity index is 1.53. The van der Waals surface area contributed by atoms with E-state index in [1.54, 1.807) is 13.8 Å². The first-order valence-electron chi connectivity index (χ1n) is 8.82. The van der Waals surface area contributed by atoms with Crippen LogP contribution < -0.4 is 10.9 Å². The van der Waals surface area contributed by atoms with Gasteiger partial charge in [-0.05, 0) is 75.2 Å². The van der Waals surface area contributed by atoms with Crippen LogP contribution in [0.25, 0.3) is 0 Å². The zero-order valence-electron chi connectivity index (χ0n) is 14.2. The average molecular weight is 350 g/mol. The summed E-state index contributed by atoms with van der Waals surface area (Å²) in [6.45, 7) is 4.18. The molecule has 4 aliphatic carbocycles. The molecule has 1 amide bonds. The number of rotatable bonds is 3. The van der Waals surface area contributed by atoms with Gasteiger partial charge >= 0.3 is 0 Å². The number of nitrogens with zero attached hydrogens (tertiary/aromatic N) is 1. The summed E-state index contributed by atoms with van der Waals surface area (Å²) >= 11 is 6.85. The first-order valence-corrected chi connectivity index (χ1v) is 9.20. The van der Waals surface area contributed by atoms with Gasteiger partial charge in [-0.2, -0.15) is 5.10 Å². The molecular formula is C18H24ClN3O2. The summed E-state index contributed by atoms with van der Waals surface area (Å²) in [6, 6.07) is 0. The summed E-state index contributed by atoms with van der Waals surface area (Å²) in [5, 5.41) is 9.35. The van der Waals surface area contributed by atoms with Crippen LogP contribution in [0.2, 0.25) is 0 Å². The topological polar surface area (TPSA) is 74.8 Å². The van der Waals surface area contributed by atoms with Crippen molar-refractivity contribution in [1.29, 1.82) is 0 Å². The second-order valence-electron chi connectivity index (χ2n) is 8.43. The number of aryl methyl sites for hydroxylation is 1. The fourth-order valence-corrected chi connectivity index (χ4v) is 6.52. The third kappa shape index (κ3) is 2.57. The number of aromatic amines is 1. The van der Waals surface area contributed by atoms with Crippen LogP contribution in [0.1, 0.15) is 60.1 Å². The molecule has 24 heavy (non-hydrogen) atoms. The molecule has 2 atom stereocenters. The summed E-state index contributed by atoms with van der Waals surface area (Å²) in [7, 11) is 0. The molecule has 2 N–H and O–H groups in total. The molecule has 0 radical (unpaired) electrons. The predicted molar refractivity (Wildman–Crippen MR) is 92.4 cm³/mol. The Morgan fingerprint density at radius 2 is 1.96 bits per heavy atom. The lowest BCUT2D eigenvalue weighted by molar-refractivity contribution is -0.0379. The maximum atomic E-state index is 12.6. The van der Waals surface area contributed by atoms with Crippen molar-refractivity contribution >= 4 is 17.5 Å². The van der Waals surface area contributed by atoms with Crippen LogP contribution >= 0.6 is 11.6 Å². The molecule has 6 heteroatoms. The van der Waals surface area contributed by atoms with Gasteiger partial charge in [0.2, 0.25) is 0 Å². The quantitative estimate of drug-likeness (QED) is 0.824. The highest BCUT2D eigenvalue weighted by Gasteiger charge is 2.56. The van der Waals surface area contributed by atoms with Crippen molar-refractivity contribution in [2.75, 3.05) is 6.54 Å². The van der Waals surface area contributed by atoms with Gasteiger partial charge in [0.05, 0.1) is 5.69 Å². The van der Waals surface area contributed by atoms with Crippen molar-refractivity contribution in [1.82, 2.24) is 15.5 Å². The highest BCUT2D eigenvalue weighted by molar-refractivity contribution is 6.24. The van der Waals surface area contributed by atoms with Crippen molar-refractivity contribution in [2.45, 2.75) is 57.2 Å². The van der Waals surface area contributed by atoms with Crippen molar-refractivity contribution in [3.63, 3.8) is 0 Å². The number of nitrogens with one attached hydrogen (secondary N) is 2. The van der Waals surface area contributed by atoms with E-state index in [2.05, 4.69) is 15.5 Å². The first kappa shape index (κ1) is 16.1. The molecule has 4 aliphatic rings. The monoisotopic (exact) mass is 349 g/mol. The second-order valence-corrected chi connectivity index (χ2v) is 9.23. The summed E-state index contributed by atoms with van der Waals surface area (Å²) < 4.78 is 0. The normalized spacial score (nSPS) is 36.8. The second kappa shape index (κ2) is 5.32. The lowest BCUT2D eigenvalue weighted by Gasteiger charge is -2.60. The third-order valence-electron chi connectivity index (χ3n) is 6.43. The molecule has 4 fully saturated rings.